The van der Waals surface area contributed by atoms with Gasteiger partial charge in [0.05, 0.1) is 6.10 Å². The Balaban J connectivity index is 3.07. The van der Waals surface area contributed by atoms with Gasteiger partial charge >= 0.3 is 5.97 Å². The van der Waals surface area contributed by atoms with E-state index in [4.69, 9.17) is 5.73 Å². The molecule has 0 heterocycles. The summed E-state index contributed by atoms with van der Waals surface area (Å²) in [6.07, 6.45) is -0.754. The number of hydrogen-bond donors (Lipinski definition) is 6. The Morgan fingerprint density at radius 3 is 1.88 bits per heavy atom. The second kappa shape index (κ2) is 13.7. The van der Waals surface area contributed by atoms with Crippen LogP contribution in [-0.2, 0) is 25.6 Å². The molecular weight excluding hydrogens is 440 g/mol. The lowest BCUT2D eigenvalue weighted by Crippen LogP contribution is -2.59. The first-order valence-electron chi connectivity index (χ1n) is 11.4. The topological polar surface area (TPSA) is 171 Å². The van der Waals surface area contributed by atoms with Crippen molar-refractivity contribution in [1.29, 1.82) is 0 Å². The highest BCUT2D eigenvalue weighted by Crippen LogP contribution is 2.10. The first-order valence-corrected chi connectivity index (χ1v) is 11.4. The molecule has 190 valence electrons. The highest BCUT2D eigenvalue weighted by molar-refractivity contribution is 5.94. The van der Waals surface area contributed by atoms with Gasteiger partial charge in [0.2, 0.25) is 17.7 Å². The van der Waals surface area contributed by atoms with E-state index in [1.807, 2.05) is 19.9 Å². The van der Waals surface area contributed by atoms with Crippen molar-refractivity contribution in [3.05, 3.63) is 35.9 Å². The van der Waals surface area contributed by atoms with Gasteiger partial charge in [-0.25, -0.2) is 4.79 Å². The molecule has 7 N–H and O–H groups in total. The fraction of sp³-hybridized carbons (Fsp3) is 0.583. The van der Waals surface area contributed by atoms with Gasteiger partial charge in [0, 0.05) is 6.42 Å². The average molecular weight is 479 g/mol. The van der Waals surface area contributed by atoms with E-state index >= 15 is 0 Å². The Morgan fingerprint density at radius 1 is 0.853 bits per heavy atom. The van der Waals surface area contributed by atoms with Crippen LogP contribution in [0.3, 0.4) is 0 Å². The molecule has 5 unspecified atom stereocenters. The molecule has 10 heteroatoms. The van der Waals surface area contributed by atoms with Crippen LogP contribution in [0.15, 0.2) is 30.3 Å². The second-order valence-electron chi connectivity index (χ2n) is 9.28. The molecule has 1 rings (SSSR count). The van der Waals surface area contributed by atoms with Crippen molar-refractivity contribution >= 4 is 23.7 Å². The molecule has 5 atom stereocenters. The molecule has 34 heavy (non-hydrogen) atoms. The number of carbonyl (C=O) groups is 4. The predicted molar refractivity (Wildman–Crippen MR) is 128 cm³/mol. The number of aliphatic hydroxyl groups is 1. The van der Waals surface area contributed by atoms with Crippen LogP contribution >= 0.6 is 0 Å². The summed E-state index contributed by atoms with van der Waals surface area (Å²) < 4.78 is 0. The van der Waals surface area contributed by atoms with Crippen molar-refractivity contribution in [2.24, 2.45) is 17.6 Å². The predicted octanol–water partition coefficient (Wildman–Crippen LogP) is 0.178. The maximum Gasteiger partial charge on any atom is 0.326 e. The number of carboxylic acid groups (broad SMARTS) is 1. The fourth-order valence-corrected chi connectivity index (χ4v) is 3.29. The largest absolute Gasteiger partial charge is 0.480 e. The summed E-state index contributed by atoms with van der Waals surface area (Å²) in [5, 5.41) is 26.8. The number of rotatable bonds is 13. The Hall–Kier alpha value is -2.98. The molecule has 0 aliphatic heterocycles. The third kappa shape index (κ3) is 9.48. The minimum atomic E-state index is -1.23. The van der Waals surface area contributed by atoms with Crippen molar-refractivity contribution in [2.75, 3.05) is 0 Å². The fourth-order valence-electron chi connectivity index (χ4n) is 3.29. The van der Waals surface area contributed by atoms with Crippen molar-refractivity contribution in [3.8, 4) is 0 Å². The molecule has 0 aliphatic rings. The summed E-state index contributed by atoms with van der Waals surface area (Å²) in [5.74, 6) is -3.43. The van der Waals surface area contributed by atoms with Gasteiger partial charge in [-0.2, -0.15) is 0 Å². The van der Waals surface area contributed by atoms with E-state index in [2.05, 4.69) is 16.0 Å². The molecule has 0 fully saturated rings. The molecule has 0 aliphatic carbocycles. The van der Waals surface area contributed by atoms with Gasteiger partial charge < -0.3 is 31.9 Å². The molecule has 3 amide bonds. The summed E-state index contributed by atoms with van der Waals surface area (Å²) in [6.45, 7) is 8.50. The van der Waals surface area contributed by atoms with Crippen LogP contribution in [-0.4, -0.2) is 64.2 Å². The summed E-state index contributed by atoms with van der Waals surface area (Å²) in [4.78, 5) is 50.1. The van der Waals surface area contributed by atoms with Crippen LogP contribution in [0.5, 0.6) is 0 Å². The van der Waals surface area contributed by atoms with Crippen LogP contribution in [0.2, 0.25) is 0 Å². The lowest BCUT2D eigenvalue weighted by Gasteiger charge is -2.27. The lowest BCUT2D eigenvalue weighted by atomic mass is 9.99. The van der Waals surface area contributed by atoms with Crippen LogP contribution in [0.25, 0.3) is 0 Å². The third-order valence-corrected chi connectivity index (χ3v) is 5.31. The Labute approximate surface area is 200 Å². The van der Waals surface area contributed by atoms with Crippen molar-refractivity contribution in [1.82, 2.24) is 16.0 Å². The zero-order valence-electron chi connectivity index (χ0n) is 20.4. The third-order valence-electron chi connectivity index (χ3n) is 5.31. The van der Waals surface area contributed by atoms with Crippen molar-refractivity contribution in [2.45, 2.75) is 77.7 Å². The molecule has 0 bridgehead atoms. The number of carbonyl (C=O) groups excluding carboxylic acids is 3. The van der Waals surface area contributed by atoms with Crippen molar-refractivity contribution in [3.63, 3.8) is 0 Å². The van der Waals surface area contributed by atoms with Gasteiger partial charge in [-0.05, 0) is 30.7 Å². The van der Waals surface area contributed by atoms with E-state index < -0.39 is 54.0 Å². The second-order valence-corrected chi connectivity index (χ2v) is 9.28. The minimum Gasteiger partial charge on any atom is -0.480 e. The number of aliphatic hydroxyl groups excluding tert-OH is 1. The van der Waals surface area contributed by atoms with E-state index in [0.29, 0.717) is 0 Å². The highest BCUT2D eigenvalue weighted by Gasteiger charge is 2.32. The first kappa shape index (κ1) is 29.1. The Bertz CT molecular complexity index is 828. The standard InChI is InChI=1S/C24H38N4O6/c1-13(2)11-18(24(33)34)27-23(32)20(14(3)4)28-21(30)17(12-16-9-7-6-8-10-16)26-22(31)19(25)15(5)29/h6-10,13-15,17-20,29H,11-12,25H2,1-5H3,(H,26,31)(H,27,32)(H,28,30)(H,33,34). The Kier molecular flexibility index (Phi) is 11.7. The quantitative estimate of drug-likeness (QED) is 0.235. The van der Waals surface area contributed by atoms with E-state index in [1.165, 1.54) is 6.92 Å². The van der Waals surface area contributed by atoms with E-state index in [-0.39, 0.29) is 24.7 Å². The molecule has 0 aromatic heterocycles. The number of aliphatic carboxylic acids is 1. The van der Waals surface area contributed by atoms with Gasteiger partial charge in [-0.3, -0.25) is 14.4 Å². The zero-order chi connectivity index (χ0) is 26.0. The van der Waals surface area contributed by atoms with Crippen LogP contribution in [0, 0.1) is 11.8 Å². The molecule has 0 spiro atoms. The summed E-state index contributed by atoms with van der Waals surface area (Å²) in [6, 6.07) is 4.56. The van der Waals surface area contributed by atoms with Gasteiger partial charge in [-0.15, -0.1) is 0 Å². The summed E-state index contributed by atoms with van der Waals surface area (Å²) in [7, 11) is 0. The van der Waals surface area contributed by atoms with E-state index in [0.717, 1.165) is 5.56 Å². The molecule has 0 saturated heterocycles. The normalized spacial score (nSPS) is 15.7. The maximum atomic E-state index is 13.2. The van der Waals surface area contributed by atoms with Crippen LogP contribution in [0.1, 0.15) is 46.6 Å². The SMILES string of the molecule is CC(C)CC(NC(=O)C(NC(=O)C(Cc1ccccc1)NC(=O)C(N)C(C)O)C(C)C)C(=O)O. The Morgan fingerprint density at radius 2 is 1.41 bits per heavy atom. The smallest absolute Gasteiger partial charge is 0.326 e. The molecule has 1 aromatic rings. The first-order chi connectivity index (χ1) is 15.8. The molecular formula is C24H38N4O6. The van der Waals surface area contributed by atoms with E-state index in [1.54, 1.807) is 38.1 Å². The molecule has 1 aromatic carbocycles. The van der Waals surface area contributed by atoms with Crippen molar-refractivity contribution < 1.29 is 29.4 Å². The van der Waals surface area contributed by atoms with Crippen LogP contribution < -0.4 is 21.7 Å². The lowest BCUT2D eigenvalue weighted by molar-refractivity contribution is -0.143. The maximum absolute atomic E-state index is 13.2. The van der Waals surface area contributed by atoms with E-state index in [9.17, 15) is 29.4 Å². The molecule has 10 nitrogen and oxygen atoms in total. The van der Waals surface area contributed by atoms with Crippen LogP contribution in [0.4, 0.5) is 0 Å². The molecule has 0 saturated carbocycles. The number of nitrogens with one attached hydrogen (secondary N) is 3. The van der Waals surface area contributed by atoms with Gasteiger partial charge in [-0.1, -0.05) is 58.0 Å². The number of hydrogen-bond acceptors (Lipinski definition) is 6. The monoisotopic (exact) mass is 478 g/mol. The summed E-state index contributed by atoms with van der Waals surface area (Å²) in [5.41, 5.74) is 6.47. The summed E-state index contributed by atoms with van der Waals surface area (Å²) >= 11 is 0. The minimum absolute atomic E-state index is 0.0390. The molecule has 0 radical (unpaired) electrons. The number of benzene rings is 1. The number of amides is 3. The zero-order valence-corrected chi connectivity index (χ0v) is 20.4. The van der Waals surface area contributed by atoms with Gasteiger partial charge in [0.15, 0.2) is 0 Å². The number of nitrogens with two attached hydrogens (primary N) is 1. The number of carboxylic acids is 1. The highest BCUT2D eigenvalue weighted by atomic mass is 16.4. The van der Waals surface area contributed by atoms with Gasteiger partial charge in [0.25, 0.3) is 0 Å². The van der Waals surface area contributed by atoms with Gasteiger partial charge in [0.1, 0.15) is 24.2 Å². The average Bonchev–Trinajstić information content (AvgIpc) is 2.75.